The largest absolute Gasteiger partial charge is 0.356 e. The van der Waals surface area contributed by atoms with Crippen molar-refractivity contribution in [2.75, 3.05) is 25.0 Å². The summed E-state index contributed by atoms with van der Waals surface area (Å²) in [6.45, 7) is 5.16. The third-order valence-corrected chi connectivity index (χ3v) is 4.84. The van der Waals surface area contributed by atoms with Gasteiger partial charge in [0, 0.05) is 43.5 Å². The molecule has 3 rings (SSSR count). The van der Waals surface area contributed by atoms with Gasteiger partial charge in [-0.05, 0) is 38.8 Å². The second-order valence-corrected chi connectivity index (χ2v) is 6.80. The monoisotopic (exact) mass is 378 g/mol. The van der Waals surface area contributed by atoms with Gasteiger partial charge in [0.1, 0.15) is 11.6 Å². The molecule has 0 bridgehead atoms. The van der Waals surface area contributed by atoms with Gasteiger partial charge < -0.3 is 9.80 Å². The van der Waals surface area contributed by atoms with Crippen molar-refractivity contribution in [2.45, 2.75) is 32.7 Å². The number of piperidine rings is 1. The number of benzene rings is 1. The summed E-state index contributed by atoms with van der Waals surface area (Å²) in [5.74, 6) is -3.26. The van der Waals surface area contributed by atoms with E-state index in [1.54, 1.807) is 7.05 Å². The normalized spacial score (nSPS) is 15.1. The van der Waals surface area contributed by atoms with Crippen LogP contribution in [0.25, 0.3) is 0 Å². The van der Waals surface area contributed by atoms with Crippen molar-refractivity contribution in [3.8, 4) is 0 Å². The highest BCUT2D eigenvalue weighted by Gasteiger charge is 2.27. The Morgan fingerprint density at radius 3 is 2.22 bits per heavy atom. The van der Waals surface area contributed by atoms with E-state index in [2.05, 4.69) is 14.9 Å². The standard InChI is InChI=1S/C19H21F3N4O/c1-11-8-17(24-12(2)23-11)26-6-4-14(5-7-26)25(3)19(27)13-9-15(20)18(22)16(21)10-13/h8-10,14H,4-7H2,1-3H3. The highest BCUT2D eigenvalue weighted by molar-refractivity contribution is 5.94. The van der Waals surface area contributed by atoms with Crippen molar-refractivity contribution >= 4 is 11.7 Å². The number of hydrogen-bond acceptors (Lipinski definition) is 4. The third kappa shape index (κ3) is 4.04. The molecular weight excluding hydrogens is 357 g/mol. The summed E-state index contributed by atoms with van der Waals surface area (Å²) in [4.78, 5) is 24.9. The van der Waals surface area contributed by atoms with Crippen LogP contribution in [0, 0.1) is 31.3 Å². The molecule has 0 radical (unpaired) electrons. The first-order valence-corrected chi connectivity index (χ1v) is 8.75. The number of anilines is 1. The van der Waals surface area contributed by atoms with Crippen LogP contribution in [0.4, 0.5) is 19.0 Å². The summed E-state index contributed by atoms with van der Waals surface area (Å²) in [6, 6.07) is 3.32. The molecule has 0 N–H and O–H groups in total. The second kappa shape index (κ2) is 7.54. The predicted molar refractivity (Wildman–Crippen MR) is 95.2 cm³/mol. The van der Waals surface area contributed by atoms with Crippen LogP contribution >= 0.6 is 0 Å². The topological polar surface area (TPSA) is 49.3 Å². The lowest BCUT2D eigenvalue weighted by atomic mass is 10.0. The van der Waals surface area contributed by atoms with Gasteiger partial charge in [0.25, 0.3) is 5.91 Å². The van der Waals surface area contributed by atoms with Gasteiger partial charge in [-0.1, -0.05) is 0 Å². The number of carbonyl (C=O) groups excluding carboxylic acids is 1. The zero-order valence-corrected chi connectivity index (χ0v) is 15.5. The highest BCUT2D eigenvalue weighted by Crippen LogP contribution is 2.23. The fourth-order valence-corrected chi connectivity index (χ4v) is 3.39. The van der Waals surface area contributed by atoms with Gasteiger partial charge in [0.05, 0.1) is 0 Å². The van der Waals surface area contributed by atoms with Crippen molar-refractivity contribution in [1.82, 2.24) is 14.9 Å². The zero-order chi connectivity index (χ0) is 19.7. The molecule has 1 aliphatic rings. The first kappa shape index (κ1) is 19.1. The molecule has 5 nitrogen and oxygen atoms in total. The molecule has 1 amide bonds. The summed E-state index contributed by atoms with van der Waals surface area (Å²) in [7, 11) is 1.60. The molecule has 2 aromatic rings. The number of rotatable bonds is 3. The maximum Gasteiger partial charge on any atom is 0.254 e. The summed E-state index contributed by atoms with van der Waals surface area (Å²) < 4.78 is 39.9. The van der Waals surface area contributed by atoms with Crippen LogP contribution in [-0.2, 0) is 0 Å². The molecule has 0 spiro atoms. The van der Waals surface area contributed by atoms with Crippen LogP contribution in [0.5, 0.6) is 0 Å². The SMILES string of the molecule is Cc1cc(N2CCC(N(C)C(=O)c3cc(F)c(F)c(F)c3)CC2)nc(C)n1. The summed E-state index contributed by atoms with van der Waals surface area (Å²) >= 11 is 0. The Hall–Kier alpha value is -2.64. The Labute approximate surface area is 155 Å². The first-order chi connectivity index (χ1) is 12.8. The predicted octanol–water partition coefficient (Wildman–Crippen LogP) is 3.25. The van der Waals surface area contributed by atoms with Gasteiger partial charge in [0.15, 0.2) is 17.5 Å². The Bertz CT molecular complexity index is 823. The van der Waals surface area contributed by atoms with E-state index in [-0.39, 0.29) is 11.6 Å². The molecule has 0 aliphatic carbocycles. The molecule has 1 aliphatic heterocycles. The van der Waals surface area contributed by atoms with Crippen LogP contribution in [0.15, 0.2) is 18.2 Å². The van der Waals surface area contributed by atoms with Crippen LogP contribution in [-0.4, -0.2) is 47.0 Å². The van der Waals surface area contributed by atoms with E-state index < -0.39 is 23.4 Å². The quantitative estimate of drug-likeness (QED) is 0.770. The van der Waals surface area contributed by atoms with Gasteiger partial charge in [-0.2, -0.15) is 0 Å². The Kier molecular flexibility index (Phi) is 5.34. The third-order valence-electron chi connectivity index (χ3n) is 4.84. The van der Waals surface area contributed by atoms with E-state index in [0.29, 0.717) is 31.8 Å². The van der Waals surface area contributed by atoms with Crippen molar-refractivity contribution in [3.63, 3.8) is 0 Å². The van der Waals surface area contributed by atoms with Gasteiger partial charge in [0.2, 0.25) is 0 Å². The fourth-order valence-electron chi connectivity index (χ4n) is 3.39. The minimum absolute atomic E-state index is 0.0750. The van der Waals surface area contributed by atoms with Crippen LogP contribution in [0.2, 0.25) is 0 Å². The Balaban J connectivity index is 1.67. The molecule has 0 atom stereocenters. The average Bonchev–Trinajstić information content (AvgIpc) is 2.64. The van der Waals surface area contributed by atoms with E-state index in [1.165, 1.54) is 4.90 Å². The minimum Gasteiger partial charge on any atom is -0.356 e. The molecule has 2 heterocycles. The van der Waals surface area contributed by atoms with Crippen LogP contribution < -0.4 is 4.90 Å². The smallest absolute Gasteiger partial charge is 0.254 e. The summed E-state index contributed by atoms with van der Waals surface area (Å²) in [5, 5.41) is 0. The van der Waals surface area contributed by atoms with Gasteiger partial charge >= 0.3 is 0 Å². The lowest BCUT2D eigenvalue weighted by Gasteiger charge is -2.37. The summed E-state index contributed by atoms with van der Waals surface area (Å²) in [6.07, 6.45) is 1.38. The zero-order valence-electron chi connectivity index (χ0n) is 15.5. The van der Waals surface area contributed by atoms with Crippen molar-refractivity contribution in [3.05, 3.63) is 52.7 Å². The number of aromatic nitrogens is 2. The summed E-state index contributed by atoms with van der Waals surface area (Å²) in [5.41, 5.74) is 0.700. The maximum absolute atomic E-state index is 13.4. The molecule has 0 saturated carbocycles. The number of hydrogen-bond donors (Lipinski definition) is 0. The molecule has 1 aromatic heterocycles. The fraction of sp³-hybridized carbons (Fsp3) is 0.421. The average molecular weight is 378 g/mol. The number of aryl methyl sites for hydroxylation is 2. The minimum atomic E-state index is -1.57. The molecule has 1 aromatic carbocycles. The van der Waals surface area contributed by atoms with E-state index in [9.17, 15) is 18.0 Å². The molecule has 1 saturated heterocycles. The molecule has 27 heavy (non-hydrogen) atoms. The van der Waals surface area contributed by atoms with E-state index in [0.717, 1.165) is 23.6 Å². The molecule has 1 fully saturated rings. The number of halogens is 3. The second-order valence-electron chi connectivity index (χ2n) is 6.80. The van der Waals surface area contributed by atoms with Crippen molar-refractivity contribution < 1.29 is 18.0 Å². The van der Waals surface area contributed by atoms with Crippen LogP contribution in [0.1, 0.15) is 34.7 Å². The van der Waals surface area contributed by atoms with E-state index >= 15 is 0 Å². The lowest BCUT2D eigenvalue weighted by molar-refractivity contribution is 0.0708. The van der Waals surface area contributed by atoms with Crippen molar-refractivity contribution in [2.24, 2.45) is 0 Å². The molecule has 0 unspecified atom stereocenters. The Morgan fingerprint density at radius 1 is 1.07 bits per heavy atom. The van der Waals surface area contributed by atoms with Gasteiger partial charge in [-0.15, -0.1) is 0 Å². The van der Waals surface area contributed by atoms with Gasteiger partial charge in [-0.3, -0.25) is 4.79 Å². The number of carbonyl (C=O) groups is 1. The Morgan fingerprint density at radius 2 is 1.67 bits per heavy atom. The van der Waals surface area contributed by atoms with Gasteiger partial charge in [-0.25, -0.2) is 23.1 Å². The van der Waals surface area contributed by atoms with E-state index in [1.807, 2.05) is 19.9 Å². The number of nitrogens with zero attached hydrogens (tertiary/aromatic N) is 4. The maximum atomic E-state index is 13.4. The molecular formula is C19H21F3N4O. The lowest BCUT2D eigenvalue weighted by Crippen LogP contribution is -2.46. The van der Waals surface area contributed by atoms with Crippen LogP contribution in [0.3, 0.4) is 0 Å². The molecule has 8 heteroatoms. The van der Waals surface area contributed by atoms with Crippen molar-refractivity contribution in [1.29, 1.82) is 0 Å². The number of amides is 1. The van der Waals surface area contributed by atoms with E-state index in [4.69, 9.17) is 0 Å². The molecule has 144 valence electrons. The first-order valence-electron chi connectivity index (χ1n) is 8.75. The highest BCUT2D eigenvalue weighted by atomic mass is 19.2.